The van der Waals surface area contributed by atoms with E-state index in [1.807, 2.05) is 0 Å². The van der Waals surface area contributed by atoms with Gasteiger partial charge in [0.05, 0.1) is 19.0 Å². The maximum Gasteiger partial charge on any atom is 0.171 e. The van der Waals surface area contributed by atoms with Crippen LogP contribution in [0.25, 0.3) is 11.2 Å². The quantitative estimate of drug-likeness (QED) is 0.522. The molecule has 0 spiro atoms. The van der Waals surface area contributed by atoms with Gasteiger partial charge in [0.1, 0.15) is 24.1 Å². The fourth-order valence-corrected chi connectivity index (χ4v) is 2.90. The molecule has 23 heavy (non-hydrogen) atoms. The predicted octanol–water partition coefficient (Wildman–Crippen LogP) is -1.57. The molecule has 5 atom stereocenters. The standard InChI is InChI=1S/C13H19N5O5/c1-6(22-2)13(21)9(20)7(3-19)23-12(13)18-5-17-8-10(14)15-4-16-11(8)18/h4-7,9,12,19-21H,3H2,1-2H3,(H2,14,15,16)/t6?,7-,9-,12-,13-/m1/s1. The smallest absolute Gasteiger partial charge is 0.171 e. The number of hydrogen-bond donors (Lipinski definition) is 4. The van der Waals surface area contributed by atoms with E-state index >= 15 is 0 Å². The minimum atomic E-state index is -1.81. The SMILES string of the molecule is COC(C)[C@@]1(O)[C@H](O)[C@@H](CO)O[C@H]1n1cnc2c(N)ncnc21. The van der Waals surface area contributed by atoms with Crippen molar-refractivity contribution in [2.24, 2.45) is 0 Å². The molecule has 5 N–H and O–H groups in total. The zero-order valence-corrected chi connectivity index (χ0v) is 12.7. The number of nitrogens with zero attached hydrogens (tertiary/aromatic N) is 4. The molecule has 1 aliphatic rings. The highest BCUT2D eigenvalue weighted by Crippen LogP contribution is 2.42. The van der Waals surface area contributed by atoms with E-state index in [1.165, 1.54) is 24.3 Å². The summed E-state index contributed by atoms with van der Waals surface area (Å²) in [6.07, 6.45) is -1.52. The predicted molar refractivity (Wildman–Crippen MR) is 78.2 cm³/mol. The van der Waals surface area contributed by atoms with Gasteiger partial charge in [0.15, 0.2) is 23.3 Å². The molecular weight excluding hydrogens is 306 g/mol. The van der Waals surface area contributed by atoms with Crippen LogP contribution >= 0.6 is 0 Å². The Hall–Kier alpha value is -1.85. The van der Waals surface area contributed by atoms with Gasteiger partial charge in [-0.25, -0.2) is 15.0 Å². The molecule has 0 aliphatic carbocycles. The minimum absolute atomic E-state index is 0.189. The first-order chi connectivity index (χ1) is 10.9. The number of aliphatic hydroxyl groups excluding tert-OH is 2. The topological polar surface area (TPSA) is 149 Å². The lowest BCUT2D eigenvalue weighted by atomic mass is 9.88. The molecule has 0 saturated carbocycles. The van der Waals surface area contributed by atoms with Gasteiger partial charge in [0, 0.05) is 7.11 Å². The highest BCUT2D eigenvalue weighted by molar-refractivity contribution is 5.81. The Morgan fingerprint density at radius 1 is 1.48 bits per heavy atom. The molecule has 0 bridgehead atoms. The maximum absolute atomic E-state index is 11.1. The van der Waals surface area contributed by atoms with Gasteiger partial charge in [-0.05, 0) is 6.92 Å². The normalized spacial score (nSPS) is 32.5. The molecule has 0 aromatic carbocycles. The van der Waals surface area contributed by atoms with Crippen LogP contribution in [0.4, 0.5) is 5.82 Å². The summed E-state index contributed by atoms with van der Waals surface area (Å²) in [5.41, 5.74) is 4.64. The first-order valence-corrected chi connectivity index (χ1v) is 7.07. The molecule has 1 saturated heterocycles. The molecule has 3 heterocycles. The molecule has 126 valence electrons. The Balaban J connectivity index is 2.13. The number of fused-ring (bicyclic) bond motifs is 1. The van der Waals surface area contributed by atoms with E-state index in [1.54, 1.807) is 6.92 Å². The molecule has 10 nitrogen and oxygen atoms in total. The third-order valence-electron chi connectivity index (χ3n) is 4.35. The third kappa shape index (κ3) is 2.18. The van der Waals surface area contributed by atoms with Crippen molar-refractivity contribution >= 4 is 17.0 Å². The average Bonchev–Trinajstić information content (AvgIpc) is 3.08. The van der Waals surface area contributed by atoms with E-state index in [9.17, 15) is 15.3 Å². The molecule has 1 fully saturated rings. The fourth-order valence-electron chi connectivity index (χ4n) is 2.90. The number of ether oxygens (including phenoxy) is 2. The van der Waals surface area contributed by atoms with Crippen LogP contribution < -0.4 is 5.73 Å². The summed E-state index contributed by atoms with van der Waals surface area (Å²) in [5.74, 6) is 0.189. The lowest BCUT2D eigenvalue weighted by Crippen LogP contribution is -2.55. The van der Waals surface area contributed by atoms with Gasteiger partial charge in [-0.15, -0.1) is 0 Å². The van der Waals surface area contributed by atoms with Crippen LogP contribution in [0.2, 0.25) is 0 Å². The molecule has 2 aromatic rings. The summed E-state index contributed by atoms with van der Waals surface area (Å²) in [5, 5.41) is 30.8. The lowest BCUT2D eigenvalue weighted by Gasteiger charge is -2.35. The van der Waals surface area contributed by atoms with E-state index < -0.39 is 36.7 Å². The second kappa shape index (κ2) is 5.65. The number of nitrogen functional groups attached to an aromatic ring is 1. The number of aliphatic hydroxyl groups is 3. The Kier molecular flexibility index (Phi) is 3.94. The van der Waals surface area contributed by atoms with E-state index in [0.717, 1.165) is 0 Å². The molecule has 0 amide bonds. The van der Waals surface area contributed by atoms with Crippen LogP contribution in [-0.2, 0) is 9.47 Å². The van der Waals surface area contributed by atoms with E-state index in [4.69, 9.17) is 15.2 Å². The number of nitrogens with two attached hydrogens (primary N) is 1. The van der Waals surface area contributed by atoms with Crippen molar-refractivity contribution in [1.29, 1.82) is 0 Å². The number of aromatic nitrogens is 4. The van der Waals surface area contributed by atoms with Crippen LogP contribution in [0.5, 0.6) is 0 Å². The molecule has 10 heteroatoms. The zero-order valence-electron chi connectivity index (χ0n) is 12.7. The number of anilines is 1. The lowest BCUT2D eigenvalue weighted by molar-refractivity contribution is -0.173. The maximum atomic E-state index is 11.1. The monoisotopic (exact) mass is 325 g/mol. The first-order valence-electron chi connectivity index (χ1n) is 7.07. The van der Waals surface area contributed by atoms with Crippen molar-refractivity contribution in [3.05, 3.63) is 12.7 Å². The second-order valence-corrected chi connectivity index (χ2v) is 5.50. The fraction of sp³-hybridized carbons (Fsp3) is 0.615. The van der Waals surface area contributed by atoms with Crippen molar-refractivity contribution in [3.8, 4) is 0 Å². The van der Waals surface area contributed by atoms with Crippen LogP contribution in [0.15, 0.2) is 12.7 Å². The van der Waals surface area contributed by atoms with Gasteiger partial charge in [-0.2, -0.15) is 0 Å². The van der Waals surface area contributed by atoms with Crippen LogP contribution in [-0.4, -0.2) is 72.5 Å². The third-order valence-corrected chi connectivity index (χ3v) is 4.35. The van der Waals surface area contributed by atoms with Gasteiger partial charge in [-0.3, -0.25) is 4.57 Å². The Labute approximate surface area is 131 Å². The summed E-state index contributed by atoms with van der Waals surface area (Å²) in [7, 11) is 1.41. The summed E-state index contributed by atoms with van der Waals surface area (Å²) in [6.45, 7) is 1.14. The molecule has 1 aliphatic heterocycles. The van der Waals surface area contributed by atoms with E-state index in [-0.39, 0.29) is 5.82 Å². The summed E-state index contributed by atoms with van der Waals surface area (Å²) < 4.78 is 12.3. The second-order valence-electron chi connectivity index (χ2n) is 5.50. The van der Waals surface area contributed by atoms with E-state index in [0.29, 0.717) is 11.2 Å². The van der Waals surface area contributed by atoms with Gasteiger partial charge < -0.3 is 30.5 Å². The Bertz CT molecular complexity index is 709. The molecule has 0 radical (unpaired) electrons. The van der Waals surface area contributed by atoms with Crippen LogP contribution in [0.3, 0.4) is 0 Å². The van der Waals surface area contributed by atoms with E-state index in [2.05, 4.69) is 15.0 Å². The minimum Gasteiger partial charge on any atom is -0.394 e. The Morgan fingerprint density at radius 3 is 2.87 bits per heavy atom. The summed E-state index contributed by atoms with van der Waals surface area (Å²) >= 11 is 0. The number of methoxy groups -OCH3 is 1. The van der Waals surface area contributed by atoms with Gasteiger partial charge in [0.2, 0.25) is 0 Å². The number of rotatable bonds is 4. The summed E-state index contributed by atoms with van der Waals surface area (Å²) in [4.78, 5) is 12.1. The molecule has 2 aromatic heterocycles. The average molecular weight is 325 g/mol. The first kappa shape index (κ1) is 16.0. The van der Waals surface area contributed by atoms with Gasteiger partial charge in [0.25, 0.3) is 0 Å². The van der Waals surface area contributed by atoms with Gasteiger partial charge in [-0.1, -0.05) is 0 Å². The largest absolute Gasteiger partial charge is 0.394 e. The highest BCUT2D eigenvalue weighted by Gasteiger charge is 2.59. The number of imidazole rings is 1. The van der Waals surface area contributed by atoms with Crippen LogP contribution in [0, 0.1) is 0 Å². The zero-order chi connectivity index (χ0) is 16.8. The van der Waals surface area contributed by atoms with Crippen molar-refractivity contribution in [3.63, 3.8) is 0 Å². The van der Waals surface area contributed by atoms with Crippen molar-refractivity contribution in [2.75, 3.05) is 19.5 Å². The molecular formula is C13H19N5O5. The Morgan fingerprint density at radius 2 is 2.22 bits per heavy atom. The molecule has 3 rings (SSSR count). The van der Waals surface area contributed by atoms with Crippen molar-refractivity contribution in [2.45, 2.75) is 37.1 Å². The van der Waals surface area contributed by atoms with Crippen molar-refractivity contribution < 1.29 is 24.8 Å². The highest BCUT2D eigenvalue weighted by atomic mass is 16.6. The number of hydrogen-bond acceptors (Lipinski definition) is 9. The molecule has 1 unspecified atom stereocenters. The van der Waals surface area contributed by atoms with Crippen LogP contribution in [0.1, 0.15) is 13.2 Å². The van der Waals surface area contributed by atoms with Gasteiger partial charge >= 0.3 is 0 Å². The van der Waals surface area contributed by atoms with Crippen molar-refractivity contribution in [1.82, 2.24) is 19.5 Å². The summed E-state index contributed by atoms with van der Waals surface area (Å²) in [6, 6.07) is 0.